The smallest absolute Gasteiger partial charge is 0.306 e. The van der Waals surface area contributed by atoms with Crippen molar-refractivity contribution in [2.75, 3.05) is 0 Å². The number of unbranched alkanes of at least 4 members (excludes halogenated alkanes) is 8. The van der Waals surface area contributed by atoms with Crippen LogP contribution in [-0.4, -0.2) is 22.2 Å². The van der Waals surface area contributed by atoms with Crippen molar-refractivity contribution < 1.29 is 19.8 Å². The van der Waals surface area contributed by atoms with E-state index in [1.54, 1.807) is 0 Å². The van der Waals surface area contributed by atoms with Gasteiger partial charge in [-0.25, -0.2) is 0 Å². The fourth-order valence-electron chi connectivity index (χ4n) is 3.69. The van der Waals surface area contributed by atoms with Gasteiger partial charge in [0.15, 0.2) is 0 Å². The van der Waals surface area contributed by atoms with Gasteiger partial charge in [-0.2, -0.15) is 0 Å². The number of allylic oxidation sites excluding steroid dienone is 8. The topological polar surface area (TPSA) is 74.6 Å². The van der Waals surface area contributed by atoms with Gasteiger partial charge in [0.25, 0.3) is 0 Å². The van der Waals surface area contributed by atoms with Crippen LogP contribution in [0.25, 0.3) is 0 Å². The zero-order valence-corrected chi connectivity index (χ0v) is 20.9. The van der Waals surface area contributed by atoms with E-state index in [2.05, 4.69) is 48.6 Å². The average Bonchev–Trinajstić information content (AvgIpc) is 2.78. The fourth-order valence-corrected chi connectivity index (χ4v) is 3.69. The van der Waals surface area contributed by atoms with Gasteiger partial charge in [0.2, 0.25) is 0 Å². The first-order chi connectivity index (χ1) is 16.1. The van der Waals surface area contributed by atoms with Crippen LogP contribution in [0.15, 0.2) is 48.6 Å². The van der Waals surface area contributed by atoms with Crippen LogP contribution in [0.4, 0.5) is 0 Å². The molecule has 0 heterocycles. The Balaban J connectivity index is 3.49. The van der Waals surface area contributed by atoms with Crippen molar-refractivity contribution in [3.8, 4) is 0 Å². The van der Waals surface area contributed by atoms with Gasteiger partial charge in [-0.1, -0.05) is 94.1 Å². The Kier molecular flexibility index (Phi) is 23.0. The van der Waals surface area contributed by atoms with Crippen LogP contribution in [0.1, 0.15) is 116 Å². The van der Waals surface area contributed by atoms with Gasteiger partial charge in [0.1, 0.15) is 0 Å². The monoisotopic (exact) mass is 460 g/mol. The maximum Gasteiger partial charge on any atom is 0.306 e. The number of rotatable bonds is 23. The van der Waals surface area contributed by atoms with Crippen LogP contribution in [0, 0.1) is 5.92 Å². The third-order valence-electron chi connectivity index (χ3n) is 5.65. The Labute approximate surface area is 202 Å². The van der Waals surface area contributed by atoms with Crippen molar-refractivity contribution >= 4 is 11.9 Å². The lowest BCUT2D eigenvalue weighted by atomic mass is 9.97. The molecule has 1 atom stereocenters. The SMILES string of the molecule is CCCC(CCCC/C=C/C/C=C/C/C=C/C/C=C/CCCCCCCCC(=O)O)C(=O)O. The third-order valence-corrected chi connectivity index (χ3v) is 5.65. The number of carboxylic acid groups (broad SMARTS) is 2. The quantitative estimate of drug-likeness (QED) is 0.118. The summed E-state index contributed by atoms with van der Waals surface area (Å²) in [6, 6.07) is 0. The first-order valence-corrected chi connectivity index (χ1v) is 13.1. The van der Waals surface area contributed by atoms with Gasteiger partial charge in [-0.15, -0.1) is 0 Å². The third kappa shape index (κ3) is 24.4. The Bertz CT molecular complexity index is 586. The largest absolute Gasteiger partial charge is 0.481 e. The number of carbonyl (C=O) groups is 2. The standard InChI is InChI=1S/C29H48O4/c1-2-24-27(29(32)33)25-22-20-18-16-14-12-10-8-6-4-3-5-7-9-11-13-15-17-19-21-23-26-28(30)31/h3-4,7-10,14,16,27H,2,5-6,11-13,15,17-26H2,1H3,(H,30,31)(H,32,33)/b4-3+,9-7+,10-8+,16-14+. The van der Waals surface area contributed by atoms with Gasteiger partial charge in [0.05, 0.1) is 5.92 Å². The highest BCUT2D eigenvalue weighted by atomic mass is 16.4. The molecule has 188 valence electrons. The molecule has 0 bridgehead atoms. The van der Waals surface area contributed by atoms with Gasteiger partial charge in [-0.3, -0.25) is 9.59 Å². The summed E-state index contributed by atoms with van der Waals surface area (Å²) in [5.74, 6) is -1.49. The highest BCUT2D eigenvalue weighted by Crippen LogP contribution is 2.16. The minimum Gasteiger partial charge on any atom is -0.481 e. The second-order valence-corrected chi connectivity index (χ2v) is 8.75. The van der Waals surface area contributed by atoms with Gasteiger partial charge in [-0.05, 0) is 64.2 Å². The lowest BCUT2D eigenvalue weighted by Crippen LogP contribution is -2.13. The molecule has 4 nitrogen and oxygen atoms in total. The molecule has 0 spiro atoms. The number of hydrogen-bond acceptors (Lipinski definition) is 2. The van der Waals surface area contributed by atoms with Crippen molar-refractivity contribution in [3.63, 3.8) is 0 Å². The number of hydrogen-bond donors (Lipinski definition) is 2. The molecular formula is C29H48O4. The van der Waals surface area contributed by atoms with Gasteiger partial charge < -0.3 is 10.2 Å². The van der Waals surface area contributed by atoms with Crippen LogP contribution in [-0.2, 0) is 9.59 Å². The molecule has 0 fully saturated rings. The average molecular weight is 461 g/mol. The Morgan fingerprint density at radius 3 is 1.55 bits per heavy atom. The summed E-state index contributed by atoms with van der Waals surface area (Å²) in [6.07, 6.45) is 34.4. The number of carboxylic acids is 2. The summed E-state index contributed by atoms with van der Waals surface area (Å²) in [4.78, 5) is 21.5. The molecule has 0 aliphatic carbocycles. The lowest BCUT2D eigenvalue weighted by Gasteiger charge is -2.09. The molecule has 0 aromatic rings. The Morgan fingerprint density at radius 2 is 1.06 bits per heavy atom. The van der Waals surface area contributed by atoms with Crippen LogP contribution in [0.3, 0.4) is 0 Å². The maximum atomic E-state index is 11.1. The zero-order chi connectivity index (χ0) is 24.4. The Morgan fingerprint density at radius 1 is 0.606 bits per heavy atom. The molecule has 4 heteroatoms. The van der Waals surface area contributed by atoms with E-state index in [1.165, 1.54) is 19.3 Å². The van der Waals surface area contributed by atoms with Crippen molar-refractivity contribution in [2.24, 2.45) is 5.92 Å². The molecule has 0 saturated carbocycles. The first-order valence-electron chi connectivity index (χ1n) is 13.1. The fraction of sp³-hybridized carbons (Fsp3) is 0.655. The zero-order valence-electron chi connectivity index (χ0n) is 20.9. The second kappa shape index (κ2) is 24.5. The summed E-state index contributed by atoms with van der Waals surface area (Å²) < 4.78 is 0. The van der Waals surface area contributed by atoms with Crippen LogP contribution >= 0.6 is 0 Å². The Hall–Kier alpha value is -2.10. The molecule has 1 unspecified atom stereocenters. The van der Waals surface area contributed by atoms with E-state index in [0.717, 1.165) is 83.5 Å². The lowest BCUT2D eigenvalue weighted by molar-refractivity contribution is -0.142. The first kappa shape index (κ1) is 30.9. The summed E-state index contributed by atoms with van der Waals surface area (Å²) in [7, 11) is 0. The van der Waals surface area contributed by atoms with Crippen LogP contribution in [0.2, 0.25) is 0 Å². The molecule has 0 aromatic carbocycles. The molecule has 0 saturated heterocycles. The molecule has 0 rings (SSSR count). The summed E-state index contributed by atoms with van der Waals surface area (Å²) in [5.41, 5.74) is 0. The molecule has 2 N–H and O–H groups in total. The normalized spacial score (nSPS) is 13.1. The highest BCUT2D eigenvalue weighted by molar-refractivity contribution is 5.69. The highest BCUT2D eigenvalue weighted by Gasteiger charge is 2.14. The van der Waals surface area contributed by atoms with E-state index in [4.69, 9.17) is 10.2 Å². The van der Waals surface area contributed by atoms with Crippen LogP contribution in [0.5, 0.6) is 0 Å². The predicted molar refractivity (Wildman–Crippen MR) is 139 cm³/mol. The van der Waals surface area contributed by atoms with E-state index >= 15 is 0 Å². The van der Waals surface area contributed by atoms with Crippen molar-refractivity contribution in [1.82, 2.24) is 0 Å². The van der Waals surface area contributed by atoms with Gasteiger partial charge in [0, 0.05) is 6.42 Å². The molecule has 0 radical (unpaired) electrons. The summed E-state index contributed by atoms with van der Waals surface area (Å²) >= 11 is 0. The maximum absolute atomic E-state index is 11.1. The molecular weight excluding hydrogens is 412 g/mol. The predicted octanol–water partition coefficient (Wildman–Crippen LogP) is 8.65. The van der Waals surface area contributed by atoms with E-state index < -0.39 is 11.9 Å². The van der Waals surface area contributed by atoms with E-state index in [-0.39, 0.29) is 5.92 Å². The van der Waals surface area contributed by atoms with Crippen molar-refractivity contribution in [1.29, 1.82) is 0 Å². The summed E-state index contributed by atoms with van der Waals surface area (Å²) in [6.45, 7) is 2.04. The molecule has 33 heavy (non-hydrogen) atoms. The van der Waals surface area contributed by atoms with Crippen molar-refractivity contribution in [2.45, 2.75) is 116 Å². The minimum atomic E-state index is -0.683. The molecule has 0 aromatic heterocycles. The molecule has 0 aliphatic rings. The van der Waals surface area contributed by atoms with E-state index in [1.807, 2.05) is 6.92 Å². The number of aliphatic carboxylic acids is 2. The molecule has 0 aliphatic heterocycles. The minimum absolute atomic E-state index is 0.162. The van der Waals surface area contributed by atoms with E-state index in [0.29, 0.717) is 6.42 Å². The summed E-state index contributed by atoms with van der Waals surface area (Å²) in [5, 5.41) is 17.7. The van der Waals surface area contributed by atoms with E-state index in [9.17, 15) is 9.59 Å². The van der Waals surface area contributed by atoms with Crippen LogP contribution < -0.4 is 0 Å². The molecule has 0 amide bonds. The van der Waals surface area contributed by atoms with Crippen molar-refractivity contribution in [3.05, 3.63) is 48.6 Å². The second-order valence-electron chi connectivity index (χ2n) is 8.75. The van der Waals surface area contributed by atoms with Gasteiger partial charge >= 0.3 is 11.9 Å².